The SMILES string of the molecule is CCCC(CC)(C(=O)O)S(=O)(=O)c1ccccc1. The van der Waals surface area contributed by atoms with Crippen molar-refractivity contribution in [2.24, 2.45) is 0 Å². The highest BCUT2D eigenvalue weighted by Crippen LogP contribution is 2.33. The van der Waals surface area contributed by atoms with Gasteiger partial charge < -0.3 is 5.11 Å². The number of benzene rings is 1. The lowest BCUT2D eigenvalue weighted by molar-refractivity contribution is -0.140. The highest BCUT2D eigenvalue weighted by atomic mass is 32.2. The average Bonchev–Trinajstić information content (AvgIpc) is 2.36. The molecular weight excluding hydrogens is 252 g/mol. The van der Waals surface area contributed by atoms with Gasteiger partial charge >= 0.3 is 5.97 Å². The standard InChI is InChI=1S/C13H18O4S/c1-3-10-13(4-2,12(14)15)18(16,17)11-8-6-5-7-9-11/h5-9H,3-4,10H2,1-2H3,(H,14,15). The number of sulfone groups is 1. The van der Waals surface area contributed by atoms with Gasteiger partial charge in [0.25, 0.3) is 0 Å². The van der Waals surface area contributed by atoms with Gasteiger partial charge in [-0.3, -0.25) is 4.79 Å². The van der Waals surface area contributed by atoms with Gasteiger partial charge in [0.15, 0.2) is 14.6 Å². The summed E-state index contributed by atoms with van der Waals surface area (Å²) >= 11 is 0. The molecule has 0 aromatic heterocycles. The first-order chi connectivity index (χ1) is 8.42. The minimum atomic E-state index is -3.87. The third-order valence-corrected chi connectivity index (χ3v) is 5.77. The third-order valence-electron chi connectivity index (χ3n) is 3.18. The van der Waals surface area contributed by atoms with Crippen LogP contribution >= 0.6 is 0 Å². The summed E-state index contributed by atoms with van der Waals surface area (Å²) in [5, 5.41) is 9.37. The van der Waals surface area contributed by atoms with E-state index in [1.807, 2.05) is 0 Å². The van der Waals surface area contributed by atoms with Gasteiger partial charge in [-0.25, -0.2) is 8.42 Å². The molecule has 1 atom stereocenters. The molecule has 0 aliphatic rings. The number of hydrogen-bond acceptors (Lipinski definition) is 3. The summed E-state index contributed by atoms with van der Waals surface area (Å²) in [6.07, 6.45) is 0.690. The summed E-state index contributed by atoms with van der Waals surface area (Å²) < 4.78 is 23.4. The fourth-order valence-corrected chi connectivity index (χ4v) is 4.15. The zero-order chi connectivity index (χ0) is 13.8. The van der Waals surface area contributed by atoms with Gasteiger partial charge in [0.05, 0.1) is 4.90 Å². The lowest BCUT2D eigenvalue weighted by atomic mass is 10.00. The van der Waals surface area contributed by atoms with Gasteiger partial charge in [-0.1, -0.05) is 38.5 Å². The first-order valence-electron chi connectivity index (χ1n) is 5.95. The molecule has 0 aliphatic heterocycles. The summed E-state index contributed by atoms with van der Waals surface area (Å²) in [5.74, 6) is -1.27. The van der Waals surface area contributed by atoms with E-state index in [1.165, 1.54) is 12.1 Å². The van der Waals surface area contributed by atoms with Crippen LogP contribution in [0.1, 0.15) is 33.1 Å². The summed E-state index contributed by atoms with van der Waals surface area (Å²) in [7, 11) is -3.87. The van der Waals surface area contributed by atoms with Crippen molar-refractivity contribution in [2.45, 2.75) is 42.8 Å². The average molecular weight is 270 g/mol. The van der Waals surface area contributed by atoms with Crippen molar-refractivity contribution in [1.82, 2.24) is 0 Å². The number of carboxylic acids is 1. The molecule has 4 nitrogen and oxygen atoms in total. The van der Waals surface area contributed by atoms with Gasteiger partial charge in [-0.2, -0.15) is 0 Å². The van der Waals surface area contributed by atoms with E-state index in [2.05, 4.69) is 0 Å². The molecule has 0 bridgehead atoms. The van der Waals surface area contributed by atoms with E-state index in [0.717, 1.165) is 0 Å². The maximum absolute atomic E-state index is 12.5. The Morgan fingerprint density at radius 3 is 2.17 bits per heavy atom. The monoisotopic (exact) mass is 270 g/mol. The van der Waals surface area contributed by atoms with E-state index in [1.54, 1.807) is 32.0 Å². The van der Waals surface area contributed by atoms with Gasteiger partial charge in [-0.05, 0) is 25.0 Å². The third kappa shape index (κ3) is 2.27. The Labute approximate surface area is 108 Å². The minimum Gasteiger partial charge on any atom is -0.480 e. The number of carboxylic acid groups (broad SMARTS) is 1. The molecule has 18 heavy (non-hydrogen) atoms. The zero-order valence-electron chi connectivity index (χ0n) is 10.6. The van der Waals surface area contributed by atoms with Gasteiger partial charge in [0.1, 0.15) is 0 Å². The Bertz CT molecular complexity index is 507. The number of carbonyl (C=O) groups is 1. The van der Waals surface area contributed by atoms with Crippen molar-refractivity contribution in [3.8, 4) is 0 Å². The Morgan fingerprint density at radius 1 is 1.22 bits per heavy atom. The summed E-state index contributed by atoms with van der Waals surface area (Å²) in [6, 6.07) is 7.78. The van der Waals surface area contributed by atoms with Crippen LogP contribution in [0.25, 0.3) is 0 Å². The highest BCUT2D eigenvalue weighted by molar-refractivity contribution is 7.93. The Kier molecular flexibility index (Phi) is 4.51. The quantitative estimate of drug-likeness (QED) is 0.862. The fraction of sp³-hybridized carbons (Fsp3) is 0.462. The Hall–Kier alpha value is -1.36. The van der Waals surface area contributed by atoms with E-state index in [4.69, 9.17) is 0 Å². The molecule has 1 N–H and O–H groups in total. The largest absolute Gasteiger partial charge is 0.480 e. The van der Waals surface area contributed by atoms with E-state index in [9.17, 15) is 18.3 Å². The number of hydrogen-bond donors (Lipinski definition) is 1. The van der Waals surface area contributed by atoms with E-state index in [-0.39, 0.29) is 17.7 Å². The molecular formula is C13H18O4S. The van der Waals surface area contributed by atoms with Crippen molar-refractivity contribution in [2.75, 3.05) is 0 Å². The topological polar surface area (TPSA) is 71.4 Å². The van der Waals surface area contributed by atoms with E-state index in [0.29, 0.717) is 6.42 Å². The molecule has 0 fully saturated rings. The maximum Gasteiger partial charge on any atom is 0.325 e. The molecule has 0 saturated carbocycles. The Morgan fingerprint density at radius 2 is 1.78 bits per heavy atom. The molecule has 0 heterocycles. The second-order valence-electron chi connectivity index (χ2n) is 4.22. The van der Waals surface area contributed by atoms with Crippen LogP contribution in [0, 0.1) is 0 Å². The second-order valence-corrected chi connectivity index (χ2v) is 6.48. The van der Waals surface area contributed by atoms with Crippen LogP contribution < -0.4 is 0 Å². The molecule has 1 rings (SSSR count). The van der Waals surface area contributed by atoms with Crippen LogP contribution in [0.5, 0.6) is 0 Å². The van der Waals surface area contributed by atoms with E-state index >= 15 is 0 Å². The molecule has 0 radical (unpaired) electrons. The fourth-order valence-electron chi connectivity index (χ4n) is 2.10. The Balaban J connectivity index is 3.42. The molecule has 0 aliphatic carbocycles. The normalized spacial score (nSPS) is 15.0. The lowest BCUT2D eigenvalue weighted by Gasteiger charge is -2.27. The number of rotatable bonds is 6. The lowest BCUT2D eigenvalue weighted by Crippen LogP contribution is -2.45. The van der Waals surface area contributed by atoms with Crippen LogP contribution in [-0.2, 0) is 14.6 Å². The molecule has 0 spiro atoms. The van der Waals surface area contributed by atoms with Crippen molar-refractivity contribution in [3.05, 3.63) is 30.3 Å². The molecule has 0 amide bonds. The van der Waals surface area contributed by atoms with Gasteiger partial charge in [0.2, 0.25) is 0 Å². The molecule has 1 aromatic carbocycles. The molecule has 100 valence electrons. The minimum absolute atomic E-state index is 0.0629. The molecule has 1 unspecified atom stereocenters. The van der Waals surface area contributed by atoms with Crippen LogP contribution in [0.3, 0.4) is 0 Å². The van der Waals surface area contributed by atoms with Crippen LogP contribution in [0.4, 0.5) is 0 Å². The van der Waals surface area contributed by atoms with Crippen molar-refractivity contribution in [1.29, 1.82) is 0 Å². The van der Waals surface area contributed by atoms with Gasteiger partial charge in [-0.15, -0.1) is 0 Å². The second kappa shape index (κ2) is 5.52. The van der Waals surface area contributed by atoms with Gasteiger partial charge in [0, 0.05) is 0 Å². The highest BCUT2D eigenvalue weighted by Gasteiger charge is 2.49. The predicted molar refractivity (Wildman–Crippen MR) is 69.2 cm³/mol. The van der Waals surface area contributed by atoms with Crippen molar-refractivity contribution < 1.29 is 18.3 Å². The molecule has 1 aromatic rings. The first kappa shape index (κ1) is 14.7. The van der Waals surface area contributed by atoms with E-state index < -0.39 is 20.6 Å². The predicted octanol–water partition coefficient (Wildman–Crippen LogP) is 2.49. The first-order valence-corrected chi connectivity index (χ1v) is 7.43. The smallest absolute Gasteiger partial charge is 0.325 e. The molecule has 5 heteroatoms. The van der Waals surface area contributed by atoms with Crippen LogP contribution in [-0.4, -0.2) is 24.2 Å². The van der Waals surface area contributed by atoms with Crippen molar-refractivity contribution in [3.63, 3.8) is 0 Å². The van der Waals surface area contributed by atoms with Crippen molar-refractivity contribution >= 4 is 15.8 Å². The summed E-state index contributed by atoms with van der Waals surface area (Å²) in [4.78, 5) is 11.6. The summed E-state index contributed by atoms with van der Waals surface area (Å²) in [6.45, 7) is 3.39. The van der Waals surface area contributed by atoms with Crippen LogP contribution in [0.2, 0.25) is 0 Å². The number of aliphatic carboxylic acids is 1. The summed E-state index contributed by atoms with van der Waals surface area (Å²) in [5.41, 5.74) is 0. The zero-order valence-corrected chi connectivity index (χ0v) is 11.4. The maximum atomic E-state index is 12.5. The van der Waals surface area contributed by atoms with Crippen LogP contribution in [0.15, 0.2) is 35.2 Å². The molecule has 0 saturated heterocycles.